The fraction of sp³-hybridized carbons (Fsp3) is 0.571. The minimum atomic E-state index is -2.87. The van der Waals surface area contributed by atoms with Crippen molar-refractivity contribution < 1.29 is 14.4 Å². The van der Waals surface area contributed by atoms with Crippen molar-refractivity contribution in [1.29, 1.82) is 0 Å². The Kier molecular flexibility index (Phi) is 8.82. The van der Waals surface area contributed by atoms with Gasteiger partial charge in [0.2, 0.25) is 0 Å². The Morgan fingerprint density at radius 1 is 0.944 bits per heavy atom. The normalized spacial score (nSPS) is 10.2. The van der Waals surface area contributed by atoms with Crippen LogP contribution in [0.3, 0.4) is 0 Å². The van der Waals surface area contributed by atoms with Crippen LogP contribution in [0.15, 0.2) is 24.3 Å². The topological polar surface area (TPSA) is 57.5 Å². The fourth-order valence-electron chi connectivity index (χ4n) is 1.84. The molecule has 0 heterocycles. The Bertz CT molecular complexity index is 329. The van der Waals surface area contributed by atoms with Crippen molar-refractivity contribution >= 4 is 8.25 Å². The van der Waals surface area contributed by atoms with Crippen LogP contribution in [0.5, 0.6) is 0 Å². The van der Waals surface area contributed by atoms with Gasteiger partial charge >= 0.3 is 8.25 Å². The predicted octanol–water partition coefficient (Wildman–Crippen LogP) is 3.71. The highest BCUT2D eigenvalue weighted by atomic mass is 31.1. The highest BCUT2D eigenvalue weighted by Gasteiger charge is 2.05. The molecule has 0 bridgehead atoms. The lowest BCUT2D eigenvalue weighted by molar-refractivity contribution is 0.405. The van der Waals surface area contributed by atoms with E-state index in [1.165, 1.54) is 24.0 Å². The highest BCUT2D eigenvalue weighted by molar-refractivity contribution is 7.30. The summed E-state index contributed by atoms with van der Waals surface area (Å²) in [4.78, 5) is 14.2. The van der Waals surface area contributed by atoms with E-state index in [0.717, 1.165) is 11.8 Å². The molecular formula is C14H24O3P+. The van der Waals surface area contributed by atoms with Crippen LogP contribution in [0.4, 0.5) is 0 Å². The van der Waals surface area contributed by atoms with E-state index in [-0.39, 0.29) is 0 Å². The maximum absolute atomic E-state index is 8.70. The van der Waals surface area contributed by atoms with Crippen molar-refractivity contribution in [2.45, 2.75) is 40.5 Å². The van der Waals surface area contributed by atoms with Crippen LogP contribution in [0.2, 0.25) is 0 Å². The van der Waals surface area contributed by atoms with Gasteiger partial charge in [0.05, 0.1) is 0 Å². The molecule has 0 fully saturated rings. The number of rotatable bonds is 4. The lowest BCUT2D eigenvalue weighted by atomic mass is 9.93. The quantitative estimate of drug-likeness (QED) is 0.821. The first-order valence-electron chi connectivity index (χ1n) is 6.24. The monoisotopic (exact) mass is 271 g/mol. The third-order valence-corrected chi connectivity index (χ3v) is 2.37. The lowest BCUT2D eigenvalue weighted by Gasteiger charge is -2.13. The zero-order valence-corrected chi connectivity index (χ0v) is 12.5. The minimum Gasteiger partial charge on any atom is -0.134 e. The van der Waals surface area contributed by atoms with Crippen molar-refractivity contribution in [3.05, 3.63) is 35.4 Å². The molecule has 3 nitrogen and oxygen atoms in total. The molecule has 0 aliphatic carbocycles. The molecule has 0 saturated heterocycles. The SMILES string of the molecule is CC(C)Cc1ccccc1CC(C)C.O=[P+](O)O. The lowest BCUT2D eigenvalue weighted by Crippen LogP contribution is -2.02. The fourth-order valence-corrected chi connectivity index (χ4v) is 1.84. The predicted molar refractivity (Wildman–Crippen MR) is 75.6 cm³/mol. The van der Waals surface area contributed by atoms with Crippen molar-refractivity contribution in [2.24, 2.45) is 11.8 Å². The van der Waals surface area contributed by atoms with Crippen molar-refractivity contribution in [3.63, 3.8) is 0 Å². The van der Waals surface area contributed by atoms with Crippen LogP contribution in [0.25, 0.3) is 0 Å². The Balaban J connectivity index is 0.000000631. The average molecular weight is 271 g/mol. The summed E-state index contributed by atoms with van der Waals surface area (Å²) >= 11 is 0. The molecule has 0 amide bonds. The van der Waals surface area contributed by atoms with Gasteiger partial charge in [-0.3, -0.25) is 0 Å². The Morgan fingerprint density at radius 3 is 1.44 bits per heavy atom. The Labute approximate surface area is 111 Å². The van der Waals surface area contributed by atoms with Gasteiger partial charge in [-0.1, -0.05) is 52.0 Å². The first kappa shape index (κ1) is 17.2. The first-order chi connectivity index (χ1) is 8.32. The first-order valence-corrected chi connectivity index (χ1v) is 7.41. The van der Waals surface area contributed by atoms with Crippen molar-refractivity contribution in [1.82, 2.24) is 0 Å². The third-order valence-electron chi connectivity index (χ3n) is 2.37. The summed E-state index contributed by atoms with van der Waals surface area (Å²) in [5.74, 6) is 1.51. The van der Waals surface area contributed by atoms with Gasteiger partial charge in [0, 0.05) is 4.57 Å². The molecular weight excluding hydrogens is 247 g/mol. The molecule has 0 atom stereocenters. The molecule has 0 aliphatic heterocycles. The van der Waals surface area contributed by atoms with E-state index in [1.54, 1.807) is 0 Å². The molecule has 0 saturated carbocycles. The van der Waals surface area contributed by atoms with Crippen LogP contribution in [-0.2, 0) is 17.4 Å². The average Bonchev–Trinajstić information content (AvgIpc) is 2.18. The van der Waals surface area contributed by atoms with Gasteiger partial charge in [-0.05, 0) is 35.8 Å². The molecule has 0 aliphatic rings. The molecule has 1 aromatic rings. The summed E-state index contributed by atoms with van der Waals surface area (Å²) in [5, 5.41) is 0. The zero-order valence-electron chi connectivity index (χ0n) is 11.6. The molecule has 4 heteroatoms. The number of hydrogen-bond acceptors (Lipinski definition) is 1. The summed E-state index contributed by atoms with van der Waals surface area (Å²) in [7, 11) is -2.87. The molecule has 0 aromatic heterocycles. The summed E-state index contributed by atoms with van der Waals surface area (Å²) in [6.45, 7) is 9.14. The van der Waals surface area contributed by atoms with Gasteiger partial charge in [0.25, 0.3) is 0 Å². The number of benzene rings is 1. The molecule has 2 N–H and O–H groups in total. The second-order valence-electron chi connectivity index (χ2n) is 5.22. The van der Waals surface area contributed by atoms with Crippen molar-refractivity contribution in [2.75, 3.05) is 0 Å². The van der Waals surface area contributed by atoms with Gasteiger partial charge in [-0.25, -0.2) is 0 Å². The standard InChI is InChI=1S/C14H22.HO3P/c1-11(2)9-13-7-5-6-8-14(13)10-12(3)4;1-4(2)3/h5-8,11-12H,9-10H2,1-4H3;(H-,1,2,3)/p+1. The van der Waals surface area contributed by atoms with E-state index in [1.807, 2.05) is 0 Å². The van der Waals surface area contributed by atoms with Gasteiger partial charge in [-0.15, -0.1) is 9.79 Å². The summed E-state index contributed by atoms with van der Waals surface area (Å²) in [6, 6.07) is 8.86. The van der Waals surface area contributed by atoms with Crippen LogP contribution in [-0.4, -0.2) is 9.79 Å². The van der Waals surface area contributed by atoms with Crippen LogP contribution in [0.1, 0.15) is 38.8 Å². The Morgan fingerprint density at radius 2 is 1.22 bits per heavy atom. The summed E-state index contributed by atoms with van der Waals surface area (Å²) < 4.78 is 8.70. The second kappa shape index (κ2) is 9.21. The molecule has 0 radical (unpaired) electrons. The number of hydrogen-bond donors (Lipinski definition) is 2. The summed E-state index contributed by atoms with van der Waals surface area (Å²) in [6.07, 6.45) is 2.42. The van der Waals surface area contributed by atoms with E-state index in [4.69, 9.17) is 14.4 Å². The van der Waals surface area contributed by atoms with Crippen LogP contribution in [0, 0.1) is 11.8 Å². The molecule has 102 valence electrons. The maximum Gasteiger partial charge on any atom is 0.692 e. The molecule has 18 heavy (non-hydrogen) atoms. The van der Waals surface area contributed by atoms with Gasteiger partial charge in [-0.2, -0.15) is 0 Å². The molecule has 1 aromatic carbocycles. The van der Waals surface area contributed by atoms with Crippen LogP contribution < -0.4 is 0 Å². The van der Waals surface area contributed by atoms with E-state index >= 15 is 0 Å². The zero-order chi connectivity index (χ0) is 14.1. The van der Waals surface area contributed by atoms with E-state index in [9.17, 15) is 0 Å². The minimum absolute atomic E-state index is 0.753. The smallest absolute Gasteiger partial charge is 0.134 e. The van der Waals surface area contributed by atoms with E-state index < -0.39 is 8.25 Å². The largest absolute Gasteiger partial charge is 0.692 e. The van der Waals surface area contributed by atoms with Gasteiger partial charge in [0.1, 0.15) is 0 Å². The molecule has 0 unspecified atom stereocenters. The maximum atomic E-state index is 8.70. The molecule has 0 spiro atoms. The van der Waals surface area contributed by atoms with E-state index in [2.05, 4.69) is 52.0 Å². The van der Waals surface area contributed by atoms with Crippen LogP contribution >= 0.6 is 8.25 Å². The van der Waals surface area contributed by atoms with Gasteiger partial charge in [0.15, 0.2) is 0 Å². The van der Waals surface area contributed by atoms with Gasteiger partial charge < -0.3 is 0 Å². The third kappa shape index (κ3) is 9.29. The van der Waals surface area contributed by atoms with Crippen molar-refractivity contribution in [3.8, 4) is 0 Å². The Hall–Kier alpha value is -0.760. The summed E-state index contributed by atoms with van der Waals surface area (Å²) in [5.41, 5.74) is 3.08. The van der Waals surface area contributed by atoms with E-state index in [0.29, 0.717) is 0 Å². The molecule has 1 rings (SSSR count). The highest BCUT2D eigenvalue weighted by Crippen LogP contribution is 2.17. The second-order valence-corrected chi connectivity index (χ2v) is 5.72.